The number of aromatic amines is 1. The Hall–Kier alpha value is -2.62. The van der Waals surface area contributed by atoms with E-state index in [9.17, 15) is 5.11 Å². The van der Waals surface area contributed by atoms with Crippen molar-refractivity contribution in [2.24, 2.45) is 0 Å². The first-order chi connectivity index (χ1) is 12.1. The van der Waals surface area contributed by atoms with Crippen molar-refractivity contribution < 1.29 is 5.11 Å². The minimum atomic E-state index is -0.515. The predicted molar refractivity (Wildman–Crippen MR) is 103 cm³/mol. The lowest BCUT2D eigenvalue weighted by molar-refractivity contribution is 0.200. The number of benzene rings is 3. The number of hydrogen-bond donors (Lipinski definition) is 2. The number of aliphatic hydroxyl groups is 1. The molecule has 4 aromatic rings. The summed E-state index contributed by atoms with van der Waals surface area (Å²) >= 11 is 5.96. The van der Waals surface area contributed by atoms with E-state index in [-0.39, 0.29) is 0 Å². The van der Waals surface area contributed by atoms with Crippen molar-refractivity contribution in [2.75, 3.05) is 0 Å². The molecule has 0 amide bonds. The average molecular weight is 349 g/mol. The molecule has 0 radical (unpaired) electrons. The number of hydrogen-bond acceptors (Lipinski definition) is 2. The molecule has 0 aliphatic carbocycles. The highest BCUT2D eigenvalue weighted by atomic mass is 35.5. The molecule has 1 unspecified atom stereocenters. The topological polar surface area (TPSA) is 48.9 Å². The maximum absolute atomic E-state index is 10.0. The summed E-state index contributed by atoms with van der Waals surface area (Å²) in [6.45, 7) is 1.78. The Kier molecular flexibility index (Phi) is 4.04. The van der Waals surface area contributed by atoms with Crippen molar-refractivity contribution in [1.82, 2.24) is 9.97 Å². The molecule has 4 rings (SSSR count). The molecule has 0 bridgehead atoms. The molecule has 3 aromatic carbocycles. The van der Waals surface area contributed by atoms with Gasteiger partial charge in [-0.1, -0.05) is 41.9 Å². The van der Waals surface area contributed by atoms with Crippen molar-refractivity contribution in [2.45, 2.75) is 13.0 Å². The molecule has 0 saturated carbocycles. The Morgan fingerprint density at radius 1 is 0.960 bits per heavy atom. The standard InChI is InChI=1S/C21H17ClN2O/c1-13(25)17-4-2-3-5-18(17)15-8-11-19-20(12-15)24-21(23-19)14-6-9-16(22)10-7-14/h2-13,25H,1H3,(H,23,24). The highest BCUT2D eigenvalue weighted by Crippen LogP contribution is 2.31. The molecule has 0 fully saturated rings. The smallest absolute Gasteiger partial charge is 0.138 e. The number of nitrogens with zero attached hydrogens (tertiary/aromatic N) is 1. The molecule has 0 spiro atoms. The molecule has 25 heavy (non-hydrogen) atoms. The van der Waals surface area contributed by atoms with E-state index in [0.29, 0.717) is 5.02 Å². The fraction of sp³-hybridized carbons (Fsp3) is 0.0952. The zero-order valence-electron chi connectivity index (χ0n) is 13.7. The van der Waals surface area contributed by atoms with Crippen LogP contribution in [0.3, 0.4) is 0 Å². The van der Waals surface area contributed by atoms with Crippen molar-refractivity contribution in [3.63, 3.8) is 0 Å². The van der Waals surface area contributed by atoms with Crippen LogP contribution in [0.1, 0.15) is 18.6 Å². The van der Waals surface area contributed by atoms with E-state index in [1.807, 2.05) is 60.7 Å². The monoisotopic (exact) mass is 348 g/mol. The van der Waals surface area contributed by atoms with Crippen LogP contribution < -0.4 is 0 Å². The van der Waals surface area contributed by atoms with Crippen LogP contribution in [0.2, 0.25) is 5.02 Å². The Balaban J connectivity index is 1.80. The molecule has 0 aliphatic rings. The van der Waals surface area contributed by atoms with Crippen LogP contribution in [0.4, 0.5) is 0 Å². The quantitative estimate of drug-likeness (QED) is 0.506. The predicted octanol–water partition coefficient (Wildman–Crippen LogP) is 5.60. The number of fused-ring (bicyclic) bond motifs is 1. The van der Waals surface area contributed by atoms with E-state index in [2.05, 4.69) is 16.0 Å². The van der Waals surface area contributed by atoms with Gasteiger partial charge in [-0.3, -0.25) is 0 Å². The van der Waals surface area contributed by atoms with E-state index in [0.717, 1.165) is 39.1 Å². The Morgan fingerprint density at radius 3 is 2.44 bits per heavy atom. The minimum absolute atomic E-state index is 0.515. The lowest BCUT2D eigenvalue weighted by Gasteiger charge is -2.11. The largest absolute Gasteiger partial charge is 0.389 e. The zero-order valence-corrected chi connectivity index (χ0v) is 14.5. The van der Waals surface area contributed by atoms with Crippen LogP contribution in [-0.2, 0) is 0 Å². The number of halogens is 1. The van der Waals surface area contributed by atoms with Gasteiger partial charge in [0.2, 0.25) is 0 Å². The summed E-state index contributed by atoms with van der Waals surface area (Å²) in [5.41, 5.74) is 5.86. The van der Waals surface area contributed by atoms with Crippen LogP contribution in [0, 0.1) is 0 Å². The van der Waals surface area contributed by atoms with E-state index < -0.39 is 6.10 Å². The molecule has 2 N–H and O–H groups in total. The van der Waals surface area contributed by atoms with Gasteiger partial charge in [0.25, 0.3) is 0 Å². The normalized spacial score (nSPS) is 12.4. The lowest BCUT2D eigenvalue weighted by atomic mass is 9.96. The number of imidazole rings is 1. The van der Waals surface area contributed by atoms with Crippen LogP contribution in [0.15, 0.2) is 66.7 Å². The van der Waals surface area contributed by atoms with Crippen LogP contribution in [-0.4, -0.2) is 15.1 Å². The third kappa shape index (κ3) is 3.04. The second-order valence-corrected chi connectivity index (χ2v) is 6.52. The summed E-state index contributed by atoms with van der Waals surface area (Å²) < 4.78 is 0. The molecule has 0 saturated heterocycles. The first-order valence-corrected chi connectivity index (χ1v) is 8.53. The number of rotatable bonds is 3. The Morgan fingerprint density at radius 2 is 1.68 bits per heavy atom. The maximum Gasteiger partial charge on any atom is 0.138 e. The van der Waals surface area contributed by atoms with E-state index >= 15 is 0 Å². The summed E-state index contributed by atoms with van der Waals surface area (Å²) in [5, 5.41) is 10.7. The fourth-order valence-electron chi connectivity index (χ4n) is 3.05. The molecule has 124 valence electrons. The van der Waals surface area contributed by atoms with Crippen molar-refractivity contribution in [3.05, 3.63) is 77.3 Å². The Labute approximate surface area is 150 Å². The Bertz CT molecular complexity index is 1040. The molecular weight excluding hydrogens is 332 g/mol. The first-order valence-electron chi connectivity index (χ1n) is 8.15. The van der Waals surface area contributed by atoms with Crippen LogP contribution >= 0.6 is 11.6 Å². The van der Waals surface area contributed by atoms with Gasteiger partial charge in [0.15, 0.2) is 0 Å². The van der Waals surface area contributed by atoms with Gasteiger partial charge >= 0.3 is 0 Å². The summed E-state index contributed by atoms with van der Waals surface area (Å²) in [7, 11) is 0. The van der Waals surface area contributed by atoms with Crippen LogP contribution in [0.25, 0.3) is 33.5 Å². The fourth-order valence-corrected chi connectivity index (χ4v) is 3.17. The average Bonchev–Trinajstić information content (AvgIpc) is 3.05. The summed E-state index contributed by atoms with van der Waals surface area (Å²) in [6, 6.07) is 21.6. The molecule has 4 heteroatoms. The molecule has 1 aromatic heterocycles. The van der Waals surface area contributed by atoms with Crippen molar-refractivity contribution in [1.29, 1.82) is 0 Å². The van der Waals surface area contributed by atoms with Crippen LogP contribution in [0.5, 0.6) is 0 Å². The van der Waals surface area contributed by atoms with Gasteiger partial charge in [-0.25, -0.2) is 4.98 Å². The maximum atomic E-state index is 10.0. The van der Waals surface area contributed by atoms with Gasteiger partial charge in [0.1, 0.15) is 5.82 Å². The summed E-state index contributed by atoms with van der Waals surface area (Å²) in [5.74, 6) is 0.813. The second-order valence-electron chi connectivity index (χ2n) is 6.09. The number of nitrogens with one attached hydrogen (secondary N) is 1. The third-order valence-corrected chi connectivity index (χ3v) is 4.57. The van der Waals surface area contributed by atoms with Gasteiger partial charge in [-0.05, 0) is 60.0 Å². The van der Waals surface area contributed by atoms with Gasteiger partial charge < -0.3 is 10.1 Å². The van der Waals surface area contributed by atoms with E-state index in [4.69, 9.17) is 11.6 Å². The van der Waals surface area contributed by atoms with Gasteiger partial charge in [0, 0.05) is 10.6 Å². The SMILES string of the molecule is CC(O)c1ccccc1-c1ccc2nc(-c3ccc(Cl)cc3)[nH]c2c1. The molecule has 3 nitrogen and oxygen atoms in total. The van der Waals surface area contributed by atoms with E-state index in [1.54, 1.807) is 6.92 Å². The highest BCUT2D eigenvalue weighted by molar-refractivity contribution is 6.30. The molecule has 0 aliphatic heterocycles. The molecule has 1 heterocycles. The number of aliphatic hydroxyl groups excluding tert-OH is 1. The second kappa shape index (κ2) is 6.36. The third-order valence-electron chi connectivity index (χ3n) is 4.32. The number of H-pyrrole nitrogens is 1. The zero-order chi connectivity index (χ0) is 17.4. The van der Waals surface area contributed by atoms with Gasteiger partial charge in [-0.2, -0.15) is 0 Å². The molecular formula is C21H17ClN2O. The highest BCUT2D eigenvalue weighted by Gasteiger charge is 2.11. The molecule has 1 atom stereocenters. The minimum Gasteiger partial charge on any atom is -0.389 e. The lowest BCUT2D eigenvalue weighted by Crippen LogP contribution is -1.94. The van der Waals surface area contributed by atoms with Gasteiger partial charge in [-0.15, -0.1) is 0 Å². The summed E-state index contributed by atoms with van der Waals surface area (Å²) in [6.07, 6.45) is -0.515. The van der Waals surface area contributed by atoms with Crippen molar-refractivity contribution in [3.8, 4) is 22.5 Å². The first kappa shape index (κ1) is 15.9. The number of aromatic nitrogens is 2. The van der Waals surface area contributed by atoms with Crippen molar-refractivity contribution >= 4 is 22.6 Å². The van der Waals surface area contributed by atoms with Gasteiger partial charge in [0.05, 0.1) is 17.1 Å². The summed E-state index contributed by atoms with van der Waals surface area (Å²) in [4.78, 5) is 8.03. The van der Waals surface area contributed by atoms with E-state index in [1.165, 1.54) is 0 Å².